The molecule has 0 aliphatic heterocycles. The zero-order valence-corrected chi connectivity index (χ0v) is 4.73. The van der Waals surface area contributed by atoms with Gasteiger partial charge in [-0.2, -0.15) is 0 Å². The molecule has 36 valence electrons. The van der Waals surface area contributed by atoms with E-state index in [4.69, 9.17) is 9.90 Å². The van der Waals surface area contributed by atoms with Crippen molar-refractivity contribution in [3.63, 3.8) is 0 Å². The molecule has 0 spiro atoms. The average molecular weight is 94.0 g/mol. The molecule has 0 bridgehead atoms. The SMILES string of the molecule is C=C.CC(=O)[O-].[Li+]. The first-order chi connectivity index (χ1) is 2.73. The monoisotopic (exact) mass is 94.1 g/mol. The Morgan fingerprint density at radius 2 is 1.57 bits per heavy atom. The maximum atomic E-state index is 8.89. The molecule has 0 aliphatic carbocycles. The molecule has 0 saturated heterocycles. The summed E-state index contributed by atoms with van der Waals surface area (Å²) in [4.78, 5) is 8.89. The standard InChI is InChI=1S/C2H4O2.C2H4.Li/c1-2(3)4;1-2;/h1H3,(H,3,4);1-2H2;/q;;+1/p-1. The van der Waals surface area contributed by atoms with E-state index in [0.29, 0.717) is 0 Å². The van der Waals surface area contributed by atoms with Crippen molar-refractivity contribution in [2.24, 2.45) is 0 Å². The number of carboxylic acids is 1. The Balaban J connectivity index is -0.0000000480. The summed E-state index contributed by atoms with van der Waals surface area (Å²) in [5.74, 6) is -1.08. The third-order valence-corrected chi connectivity index (χ3v) is 0. The smallest absolute Gasteiger partial charge is 0.550 e. The van der Waals surface area contributed by atoms with Gasteiger partial charge in [0.1, 0.15) is 0 Å². The minimum atomic E-state index is -1.08. The van der Waals surface area contributed by atoms with Crippen LogP contribution in [0.1, 0.15) is 6.92 Å². The van der Waals surface area contributed by atoms with Gasteiger partial charge in [0.05, 0.1) is 0 Å². The van der Waals surface area contributed by atoms with Crippen molar-refractivity contribution in [3.05, 3.63) is 13.2 Å². The number of aliphatic carboxylic acids is 1. The van der Waals surface area contributed by atoms with E-state index in [9.17, 15) is 0 Å². The van der Waals surface area contributed by atoms with Gasteiger partial charge in [0.25, 0.3) is 0 Å². The van der Waals surface area contributed by atoms with Crippen molar-refractivity contribution in [2.45, 2.75) is 6.92 Å². The van der Waals surface area contributed by atoms with Crippen LogP contribution in [0.25, 0.3) is 0 Å². The zero-order valence-electron chi connectivity index (χ0n) is 4.73. The van der Waals surface area contributed by atoms with Crippen LogP contribution in [0.4, 0.5) is 0 Å². The maximum Gasteiger partial charge on any atom is 1.00 e. The number of carboxylic acid groups (broad SMARTS) is 1. The van der Waals surface area contributed by atoms with Gasteiger partial charge in [-0.15, -0.1) is 13.2 Å². The number of hydrogen-bond donors (Lipinski definition) is 0. The fraction of sp³-hybridized carbons (Fsp3) is 0.250. The van der Waals surface area contributed by atoms with Gasteiger partial charge in [-0.25, -0.2) is 0 Å². The van der Waals surface area contributed by atoms with E-state index in [0.717, 1.165) is 6.92 Å². The van der Waals surface area contributed by atoms with Crippen LogP contribution >= 0.6 is 0 Å². The van der Waals surface area contributed by atoms with Gasteiger partial charge in [0.2, 0.25) is 0 Å². The van der Waals surface area contributed by atoms with E-state index in [1.54, 1.807) is 0 Å². The van der Waals surface area contributed by atoms with Crippen molar-refractivity contribution in [2.75, 3.05) is 0 Å². The Kier molecular flexibility index (Phi) is 38.5. The van der Waals surface area contributed by atoms with Gasteiger partial charge in [-0.05, 0) is 6.92 Å². The van der Waals surface area contributed by atoms with Crippen LogP contribution in [-0.4, -0.2) is 5.97 Å². The van der Waals surface area contributed by atoms with Crippen LogP contribution in [0, 0.1) is 0 Å². The second-order valence-corrected chi connectivity index (χ2v) is 0.492. The van der Waals surface area contributed by atoms with Crippen LogP contribution in [0.3, 0.4) is 0 Å². The van der Waals surface area contributed by atoms with E-state index in [-0.39, 0.29) is 18.9 Å². The third-order valence-electron chi connectivity index (χ3n) is 0. The molecule has 0 heterocycles. The van der Waals surface area contributed by atoms with Crippen LogP contribution in [0.15, 0.2) is 13.2 Å². The first-order valence-corrected chi connectivity index (χ1v) is 1.41. The Morgan fingerprint density at radius 1 is 1.57 bits per heavy atom. The average Bonchev–Trinajstić information content (AvgIpc) is 1.41. The first-order valence-electron chi connectivity index (χ1n) is 1.41. The largest absolute Gasteiger partial charge is 1.00 e. The molecular weight excluding hydrogens is 87.0 g/mol. The van der Waals surface area contributed by atoms with E-state index >= 15 is 0 Å². The Bertz CT molecular complexity index is 41.0. The van der Waals surface area contributed by atoms with Gasteiger partial charge < -0.3 is 9.90 Å². The molecule has 0 unspecified atom stereocenters. The Hall–Kier alpha value is -0.193. The molecule has 0 amide bonds. The van der Waals surface area contributed by atoms with Crippen molar-refractivity contribution in [1.82, 2.24) is 0 Å². The van der Waals surface area contributed by atoms with Gasteiger partial charge in [0.15, 0.2) is 0 Å². The van der Waals surface area contributed by atoms with E-state index < -0.39 is 5.97 Å². The minimum absolute atomic E-state index is 0. The summed E-state index contributed by atoms with van der Waals surface area (Å²) in [5, 5.41) is 8.89. The second-order valence-electron chi connectivity index (χ2n) is 0.492. The molecule has 2 nitrogen and oxygen atoms in total. The summed E-state index contributed by atoms with van der Waals surface area (Å²) in [7, 11) is 0. The molecule has 0 atom stereocenters. The molecular formula is C4H7LiO2. The molecule has 0 rings (SSSR count). The quantitative estimate of drug-likeness (QED) is 0.231. The predicted molar refractivity (Wildman–Crippen MR) is 21.9 cm³/mol. The topological polar surface area (TPSA) is 40.1 Å². The van der Waals surface area contributed by atoms with Gasteiger partial charge in [-0.1, -0.05) is 0 Å². The van der Waals surface area contributed by atoms with Gasteiger partial charge in [-0.3, -0.25) is 0 Å². The third kappa shape index (κ3) is 2270. The van der Waals surface area contributed by atoms with Gasteiger partial charge >= 0.3 is 18.9 Å². The van der Waals surface area contributed by atoms with E-state index in [1.165, 1.54) is 0 Å². The van der Waals surface area contributed by atoms with Crippen LogP contribution in [0.5, 0.6) is 0 Å². The van der Waals surface area contributed by atoms with Gasteiger partial charge in [0, 0.05) is 5.97 Å². The second kappa shape index (κ2) is 17.0. The normalized spacial score (nSPS) is 4.14. The number of carbonyl (C=O) groups is 1. The van der Waals surface area contributed by atoms with Crippen molar-refractivity contribution in [3.8, 4) is 0 Å². The molecule has 0 N–H and O–H groups in total. The molecule has 0 fully saturated rings. The van der Waals surface area contributed by atoms with Crippen molar-refractivity contribution >= 4 is 5.97 Å². The molecule has 0 radical (unpaired) electrons. The van der Waals surface area contributed by atoms with E-state index in [1.807, 2.05) is 0 Å². The van der Waals surface area contributed by atoms with E-state index in [2.05, 4.69) is 13.2 Å². The zero-order chi connectivity index (χ0) is 5.58. The molecule has 0 aromatic rings. The molecule has 0 aromatic heterocycles. The minimum Gasteiger partial charge on any atom is -0.550 e. The fourth-order valence-corrected chi connectivity index (χ4v) is 0. The number of rotatable bonds is 0. The molecule has 0 aromatic carbocycles. The van der Waals surface area contributed by atoms with Crippen LogP contribution in [-0.2, 0) is 4.79 Å². The van der Waals surface area contributed by atoms with Crippen LogP contribution < -0.4 is 24.0 Å². The number of carbonyl (C=O) groups excluding carboxylic acids is 1. The van der Waals surface area contributed by atoms with Crippen molar-refractivity contribution in [1.29, 1.82) is 0 Å². The summed E-state index contributed by atoms with van der Waals surface area (Å²) in [6, 6.07) is 0. The first kappa shape index (κ1) is 15.8. The fourth-order valence-electron chi connectivity index (χ4n) is 0. The molecule has 3 heteroatoms. The van der Waals surface area contributed by atoms with Crippen molar-refractivity contribution < 1.29 is 28.8 Å². The summed E-state index contributed by atoms with van der Waals surface area (Å²) < 4.78 is 0. The Labute approximate surface area is 55.4 Å². The van der Waals surface area contributed by atoms with Crippen LogP contribution in [0.2, 0.25) is 0 Å². The summed E-state index contributed by atoms with van der Waals surface area (Å²) >= 11 is 0. The maximum absolute atomic E-state index is 8.89. The molecule has 7 heavy (non-hydrogen) atoms. The molecule has 0 aliphatic rings. The Morgan fingerprint density at radius 3 is 1.57 bits per heavy atom. The summed E-state index contributed by atoms with van der Waals surface area (Å²) in [6.45, 7) is 6.97. The number of hydrogen-bond acceptors (Lipinski definition) is 2. The predicted octanol–water partition coefficient (Wildman–Crippen LogP) is -3.44. The summed E-state index contributed by atoms with van der Waals surface area (Å²) in [6.07, 6.45) is 0. The molecule has 0 saturated carbocycles. The summed E-state index contributed by atoms with van der Waals surface area (Å²) in [5.41, 5.74) is 0.